The lowest BCUT2D eigenvalue weighted by Gasteiger charge is -2.35. The third-order valence-corrected chi connectivity index (χ3v) is 5.18. The van der Waals surface area contributed by atoms with Crippen LogP contribution in [0.5, 0.6) is 0 Å². The third kappa shape index (κ3) is 4.88. The minimum absolute atomic E-state index is 0.166. The lowest BCUT2D eigenvalue weighted by atomic mass is 10.00. The van der Waals surface area contributed by atoms with Crippen LogP contribution in [0.1, 0.15) is 43.0 Å². The molecule has 0 radical (unpaired) electrons. The summed E-state index contributed by atoms with van der Waals surface area (Å²) in [5.41, 5.74) is 0.474. The molecule has 2 aromatic rings. The molecule has 1 aliphatic rings. The van der Waals surface area contributed by atoms with Crippen LogP contribution in [0.25, 0.3) is 10.8 Å². The molecule has 1 fully saturated rings. The molecule has 1 aliphatic heterocycles. The van der Waals surface area contributed by atoms with E-state index in [4.69, 9.17) is 4.74 Å². The van der Waals surface area contributed by atoms with E-state index in [2.05, 4.69) is 12.2 Å². The standard InChI is InChI=1S/C22H26N2O4/c1-2-19-9-5-6-12-24(19)20(25)15-28-21(26)14-23-22(27)18-11-10-16-7-3-4-8-17(16)13-18/h3-4,7-8,10-11,13,19H,2,5-6,9,12,14-15H2,1H3,(H,23,27)/t19-/m1/s1. The molecule has 28 heavy (non-hydrogen) atoms. The number of likely N-dealkylation sites (tertiary alicyclic amines) is 1. The monoisotopic (exact) mass is 382 g/mol. The van der Waals surface area contributed by atoms with Crippen LogP contribution >= 0.6 is 0 Å². The molecule has 6 heteroatoms. The van der Waals surface area contributed by atoms with Gasteiger partial charge < -0.3 is 15.0 Å². The summed E-state index contributed by atoms with van der Waals surface area (Å²) in [7, 11) is 0. The first-order chi connectivity index (χ1) is 13.6. The maximum Gasteiger partial charge on any atom is 0.325 e. The quantitative estimate of drug-likeness (QED) is 0.780. The van der Waals surface area contributed by atoms with Gasteiger partial charge in [-0.2, -0.15) is 0 Å². The predicted molar refractivity (Wildman–Crippen MR) is 107 cm³/mol. The number of ether oxygens (including phenoxy) is 1. The number of fused-ring (bicyclic) bond motifs is 1. The third-order valence-electron chi connectivity index (χ3n) is 5.18. The number of carbonyl (C=O) groups is 3. The Kier molecular flexibility index (Phi) is 6.63. The molecule has 1 atom stereocenters. The fourth-order valence-corrected chi connectivity index (χ4v) is 3.61. The summed E-state index contributed by atoms with van der Waals surface area (Å²) >= 11 is 0. The van der Waals surface area contributed by atoms with Gasteiger partial charge in [0, 0.05) is 18.2 Å². The van der Waals surface area contributed by atoms with Crippen molar-refractivity contribution in [2.24, 2.45) is 0 Å². The lowest BCUT2D eigenvalue weighted by Crippen LogP contribution is -2.45. The van der Waals surface area contributed by atoms with Crippen molar-refractivity contribution in [3.63, 3.8) is 0 Å². The Balaban J connectivity index is 1.46. The van der Waals surface area contributed by atoms with Crippen LogP contribution in [0.15, 0.2) is 42.5 Å². The van der Waals surface area contributed by atoms with Crippen LogP contribution in [-0.4, -0.2) is 48.4 Å². The van der Waals surface area contributed by atoms with Crippen molar-refractivity contribution in [2.75, 3.05) is 19.7 Å². The molecular weight excluding hydrogens is 356 g/mol. The van der Waals surface area contributed by atoms with E-state index >= 15 is 0 Å². The number of esters is 1. The van der Waals surface area contributed by atoms with E-state index in [1.807, 2.05) is 35.2 Å². The van der Waals surface area contributed by atoms with Crippen molar-refractivity contribution < 1.29 is 19.1 Å². The van der Waals surface area contributed by atoms with E-state index in [9.17, 15) is 14.4 Å². The van der Waals surface area contributed by atoms with Crippen LogP contribution in [0.2, 0.25) is 0 Å². The van der Waals surface area contributed by atoms with Gasteiger partial charge in [0.25, 0.3) is 11.8 Å². The Morgan fingerprint density at radius 2 is 1.89 bits per heavy atom. The van der Waals surface area contributed by atoms with Crippen molar-refractivity contribution in [3.05, 3.63) is 48.0 Å². The van der Waals surface area contributed by atoms with Gasteiger partial charge in [0.15, 0.2) is 6.61 Å². The number of carbonyl (C=O) groups excluding carboxylic acids is 3. The number of hydrogen-bond acceptors (Lipinski definition) is 4. The Labute approximate surface area is 164 Å². The first-order valence-electron chi connectivity index (χ1n) is 9.80. The van der Waals surface area contributed by atoms with Gasteiger partial charge in [-0.15, -0.1) is 0 Å². The summed E-state index contributed by atoms with van der Waals surface area (Å²) in [6.07, 6.45) is 4.01. The zero-order chi connectivity index (χ0) is 19.9. The minimum Gasteiger partial charge on any atom is -0.454 e. The summed E-state index contributed by atoms with van der Waals surface area (Å²) in [6, 6.07) is 13.3. The number of benzene rings is 2. The van der Waals surface area contributed by atoms with Gasteiger partial charge in [-0.1, -0.05) is 37.3 Å². The van der Waals surface area contributed by atoms with Crippen LogP contribution in [0.3, 0.4) is 0 Å². The Bertz CT molecular complexity index is 864. The molecule has 0 aromatic heterocycles. The molecule has 1 saturated heterocycles. The molecule has 0 bridgehead atoms. The number of hydrogen-bond donors (Lipinski definition) is 1. The van der Waals surface area contributed by atoms with Gasteiger partial charge in [0.2, 0.25) is 0 Å². The highest BCUT2D eigenvalue weighted by molar-refractivity contribution is 5.99. The second-order valence-corrected chi connectivity index (χ2v) is 7.05. The molecule has 0 spiro atoms. The molecule has 1 N–H and O–H groups in total. The van der Waals surface area contributed by atoms with E-state index in [0.29, 0.717) is 12.1 Å². The topological polar surface area (TPSA) is 75.7 Å². The molecular formula is C22H26N2O4. The van der Waals surface area contributed by atoms with Crippen molar-refractivity contribution in [3.8, 4) is 0 Å². The summed E-state index contributed by atoms with van der Waals surface area (Å²) in [5.74, 6) is -1.13. The van der Waals surface area contributed by atoms with Gasteiger partial charge in [0.1, 0.15) is 6.54 Å². The van der Waals surface area contributed by atoms with Crippen LogP contribution < -0.4 is 5.32 Å². The van der Waals surface area contributed by atoms with Crippen LogP contribution in [0, 0.1) is 0 Å². The number of nitrogens with one attached hydrogen (secondary N) is 1. The fraction of sp³-hybridized carbons (Fsp3) is 0.409. The highest BCUT2D eigenvalue weighted by Gasteiger charge is 2.25. The predicted octanol–water partition coefficient (Wildman–Crippen LogP) is 2.90. The van der Waals surface area contributed by atoms with Crippen molar-refractivity contribution in [2.45, 2.75) is 38.6 Å². The smallest absolute Gasteiger partial charge is 0.325 e. The molecule has 2 aromatic carbocycles. The van der Waals surface area contributed by atoms with E-state index in [1.165, 1.54) is 0 Å². The van der Waals surface area contributed by atoms with E-state index in [0.717, 1.165) is 36.5 Å². The maximum absolute atomic E-state index is 12.3. The molecule has 0 unspecified atom stereocenters. The highest BCUT2D eigenvalue weighted by Crippen LogP contribution is 2.19. The summed E-state index contributed by atoms with van der Waals surface area (Å²) in [5, 5.41) is 4.54. The fourth-order valence-electron chi connectivity index (χ4n) is 3.61. The number of amides is 2. The maximum atomic E-state index is 12.3. The van der Waals surface area contributed by atoms with Crippen LogP contribution in [0.4, 0.5) is 0 Å². The highest BCUT2D eigenvalue weighted by atomic mass is 16.5. The second kappa shape index (κ2) is 9.35. The van der Waals surface area contributed by atoms with Gasteiger partial charge in [-0.05, 0) is 48.6 Å². The number of nitrogens with zero attached hydrogens (tertiary/aromatic N) is 1. The molecule has 1 heterocycles. The molecule has 3 rings (SSSR count). The molecule has 2 amide bonds. The van der Waals surface area contributed by atoms with E-state index in [1.54, 1.807) is 12.1 Å². The van der Waals surface area contributed by atoms with Crippen molar-refractivity contribution in [1.82, 2.24) is 10.2 Å². The van der Waals surface area contributed by atoms with E-state index in [-0.39, 0.29) is 31.0 Å². The van der Waals surface area contributed by atoms with Gasteiger partial charge >= 0.3 is 5.97 Å². The summed E-state index contributed by atoms with van der Waals surface area (Å²) < 4.78 is 5.06. The Morgan fingerprint density at radius 3 is 2.68 bits per heavy atom. The SMILES string of the molecule is CC[C@@H]1CCCCN1C(=O)COC(=O)CNC(=O)c1ccc2ccccc2c1. The average molecular weight is 382 g/mol. The Hall–Kier alpha value is -2.89. The molecule has 0 aliphatic carbocycles. The Morgan fingerprint density at radius 1 is 1.11 bits per heavy atom. The molecule has 0 saturated carbocycles. The van der Waals surface area contributed by atoms with Gasteiger partial charge in [-0.25, -0.2) is 0 Å². The average Bonchev–Trinajstić information content (AvgIpc) is 2.75. The lowest BCUT2D eigenvalue weighted by molar-refractivity contribution is -0.152. The van der Waals surface area contributed by atoms with Crippen molar-refractivity contribution >= 4 is 28.6 Å². The zero-order valence-electron chi connectivity index (χ0n) is 16.1. The molecule has 148 valence electrons. The molecule has 6 nitrogen and oxygen atoms in total. The van der Waals surface area contributed by atoms with Gasteiger partial charge in [0.05, 0.1) is 0 Å². The second-order valence-electron chi connectivity index (χ2n) is 7.05. The number of rotatable bonds is 6. The van der Waals surface area contributed by atoms with Crippen LogP contribution in [-0.2, 0) is 14.3 Å². The summed E-state index contributed by atoms with van der Waals surface area (Å²) in [6.45, 7) is 2.23. The first-order valence-corrected chi connectivity index (χ1v) is 9.80. The van der Waals surface area contributed by atoms with E-state index < -0.39 is 5.97 Å². The van der Waals surface area contributed by atoms with Crippen molar-refractivity contribution in [1.29, 1.82) is 0 Å². The van der Waals surface area contributed by atoms with Gasteiger partial charge in [-0.3, -0.25) is 14.4 Å². The largest absolute Gasteiger partial charge is 0.454 e. The normalized spacial score (nSPS) is 16.6. The first kappa shape index (κ1) is 19.9. The summed E-state index contributed by atoms with van der Waals surface area (Å²) in [4.78, 5) is 38.3. The minimum atomic E-state index is -0.618. The zero-order valence-corrected chi connectivity index (χ0v) is 16.1. The number of piperidine rings is 1.